The van der Waals surface area contributed by atoms with Gasteiger partial charge in [0.2, 0.25) is 5.91 Å². The molecule has 1 aromatic carbocycles. The van der Waals surface area contributed by atoms with E-state index in [9.17, 15) is 9.90 Å². The van der Waals surface area contributed by atoms with E-state index in [2.05, 4.69) is 29.6 Å². The largest absolute Gasteiger partial charge is 0.393 e. The van der Waals surface area contributed by atoms with Gasteiger partial charge in [-0.1, -0.05) is 30.7 Å². The van der Waals surface area contributed by atoms with Gasteiger partial charge in [-0.3, -0.25) is 4.79 Å². The molecule has 2 N–H and O–H groups in total. The fourth-order valence-electron chi connectivity index (χ4n) is 4.79. The van der Waals surface area contributed by atoms with Crippen molar-refractivity contribution in [2.45, 2.75) is 56.5 Å². The molecule has 4 unspecified atom stereocenters. The SMILES string of the molecule is O=C(NCC1CCCC1O)C1CC12CCCc1ccccc12. The summed E-state index contributed by atoms with van der Waals surface area (Å²) in [5.74, 6) is 0.612. The standard InChI is InChI=1S/C19H25NO2/c21-17-9-3-6-14(17)12-20-18(22)16-11-19(16)10-4-7-13-5-1-2-8-15(13)19/h1-2,5,8,14,16-17,21H,3-4,6-7,9-12H2,(H,20,22). The molecule has 3 heteroatoms. The molecule has 0 heterocycles. The molecule has 3 aliphatic rings. The third-order valence-corrected chi connectivity index (χ3v) is 6.17. The molecule has 0 aromatic heterocycles. The lowest BCUT2D eigenvalue weighted by Gasteiger charge is -2.26. The highest BCUT2D eigenvalue weighted by atomic mass is 16.3. The second kappa shape index (κ2) is 5.38. The average Bonchev–Trinajstić information content (AvgIpc) is 3.10. The van der Waals surface area contributed by atoms with Gasteiger partial charge in [0.05, 0.1) is 6.10 Å². The number of rotatable bonds is 3. The third kappa shape index (κ3) is 2.26. The van der Waals surface area contributed by atoms with Crippen molar-refractivity contribution in [2.75, 3.05) is 6.54 Å². The van der Waals surface area contributed by atoms with Gasteiger partial charge in [0, 0.05) is 23.8 Å². The lowest BCUT2D eigenvalue weighted by Crippen LogP contribution is -2.35. The first-order valence-electron chi connectivity index (χ1n) is 8.75. The number of aliphatic hydroxyl groups is 1. The Kier molecular flexibility index (Phi) is 3.48. The van der Waals surface area contributed by atoms with Crippen molar-refractivity contribution < 1.29 is 9.90 Å². The molecule has 1 spiro atoms. The maximum atomic E-state index is 12.6. The van der Waals surface area contributed by atoms with Crippen LogP contribution in [0.5, 0.6) is 0 Å². The lowest BCUT2D eigenvalue weighted by molar-refractivity contribution is -0.123. The second-order valence-corrected chi connectivity index (χ2v) is 7.43. The quantitative estimate of drug-likeness (QED) is 0.901. The topological polar surface area (TPSA) is 49.3 Å². The van der Waals surface area contributed by atoms with Crippen LogP contribution in [-0.2, 0) is 16.6 Å². The van der Waals surface area contributed by atoms with Crippen LogP contribution in [0, 0.1) is 11.8 Å². The van der Waals surface area contributed by atoms with Gasteiger partial charge >= 0.3 is 0 Å². The minimum absolute atomic E-state index is 0.118. The summed E-state index contributed by atoms with van der Waals surface area (Å²) >= 11 is 0. The number of hydrogen-bond acceptors (Lipinski definition) is 2. The Morgan fingerprint density at radius 1 is 1.27 bits per heavy atom. The van der Waals surface area contributed by atoms with Gasteiger partial charge in [-0.15, -0.1) is 0 Å². The van der Waals surface area contributed by atoms with E-state index in [1.165, 1.54) is 17.5 Å². The number of hydrogen-bond donors (Lipinski definition) is 2. The summed E-state index contributed by atoms with van der Waals surface area (Å²) in [6, 6.07) is 8.66. The fourth-order valence-corrected chi connectivity index (χ4v) is 4.79. The molecule has 0 saturated heterocycles. The van der Waals surface area contributed by atoms with E-state index in [1.54, 1.807) is 0 Å². The van der Waals surface area contributed by atoms with Crippen molar-refractivity contribution in [3.8, 4) is 0 Å². The Labute approximate surface area is 132 Å². The first kappa shape index (κ1) is 14.3. The van der Waals surface area contributed by atoms with Crippen LogP contribution in [0.3, 0.4) is 0 Å². The van der Waals surface area contributed by atoms with Crippen LogP contribution in [0.4, 0.5) is 0 Å². The van der Waals surface area contributed by atoms with E-state index in [0.717, 1.165) is 38.5 Å². The van der Waals surface area contributed by atoms with Crippen LogP contribution in [0.1, 0.15) is 49.7 Å². The van der Waals surface area contributed by atoms with Crippen molar-refractivity contribution in [1.29, 1.82) is 0 Å². The van der Waals surface area contributed by atoms with Crippen molar-refractivity contribution in [2.24, 2.45) is 11.8 Å². The van der Waals surface area contributed by atoms with Crippen molar-refractivity contribution in [1.82, 2.24) is 5.32 Å². The van der Waals surface area contributed by atoms with Crippen LogP contribution >= 0.6 is 0 Å². The van der Waals surface area contributed by atoms with E-state index >= 15 is 0 Å². The molecular formula is C19H25NO2. The van der Waals surface area contributed by atoms with Gasteiger partial charge in [-0.2, -0.15) is 0 Å². The Balaban J connectivity index is 1.42. The molecule has 3 aliphatic carbocycles. The summed E-state index contributed by atoms with van der Waals surface area (Å²) in [6.07, 6.45) is 7.30. The molecule has 0 aliphatic heterocycles. The molecule has 22 heavy (non-hydrogen) atoms. The van der Waals surface area contributed by atoms with Gasteiger partial charge in [-0.25, -0.2) is 0 Å². The summed E-state index contributed by atoms with van der Waals surface area (Å²) in [5.41, 5.74) is 2.98. The van der Waals surface area contributed by atoms with Crippen molar-refractivity contribution in [3.63, 3.8) is 0 Å². The number of fused-ring (bicyclic) bond motifs is 2. The Hall–Kier alpha value is -1.35. The van der Waals surface area contributed by atoms with Crippen LogP contribution in [0.15, 0.2) is 24.3 Å². The normalized spacial score (nSPS) is 36.1. The molecule has 4 atom stereocenters. The molecule has 1 aromatic rings. The molecule has 3 nitrogen and oxygen atoms in total. The second-order valence-electron chi connectivity index (χ2n) is 7.43. The van der Waals surface area contributed by atoms with Crippen molar-refractivity contribution >= 4 is 5.91 Å². The first-order chi connectivity index (χ1) is 10.7. The molecule has 118 valence electrons. The van der Waals surface area contributed by atoms with Crippen LogP contribution < -0.4 is 5.32 Å². The summed E-state index contributed by atoms with van der Waals surface area (Å²) in [4.78, 5) is 12.6. The highest BCUT2D eigenvalue weighted by Gasteiger charge is 2.59. The van der Waals surface area contributed by atoms with Gasteiger partial charge < -0.3 is 10.4 Å². The van der Waals surface area contributed by atoms with E-state index < -0.39 is 0 Å². The number of aliphatic hydroxyl groups excluding tert-OH is 1. The Bertz CT molecular complexity index is 585. The molecule has 2 fully saturated rings. The van der Waals surface area contributed by atoms with E-state index in [-0.39, 0.29) is 29.3 Å². The van der Waals surface area contributed by atoms with Gasteiger partial charge in [0.15, 0.2) is 0 Å². The summed E-state index contributed by atoms with van der Waals surface area (Å²) in [5, 5.41) is 13.0. The van der Waals surface area contributed by atoms with Gasteiger partial charge in [0.25, 0.3) is 0 Å². The number of aryl methyl sites for hydroxylation is 1. The number of carbonyl (C=O) groups is 1. The van der Waals surface area contributed by atoms with E-state index in [4.69, 9.17) is 0 Å². The lowest BCUT2D eigenvalue weighted by atomic mass is 9.78. The zero-order valence-corrected chi connectivity index (χ0v) is 13.1. The zero-order chi connectivity index (χ0) is 15.2. The van der Waals surface area contributed by atoms with Gasteiger partial charge in [0.1, 0.15) is 0 Å². The van der Waals surface area contributed by atoms with Crippen LogP contribution in [0.25, 0.3) is 0 Å². The number of nitrogens with one attached hydrogen (secondary N) is 1. The molecule has 4 rings (SSSR count). The minimum Gasteiger partial charge on any atom is -0.393 e. The van der Waals surface area contributed by atoms with Crippen molar-refractivity contribution in [3.05, 3.63) is 35.4 Å². The van der Waals surface area contributed by atoms with Crippen LogP contribution in [-0.4, -0.2) is 23.7 Å². The van der Waals surface area contributed by atoms with E-state index in [0.29, 0.717) is 6.54 Å². The summed E-state index contributed by atoms with van der Waals surface area (Å²) < 4.78 is 0. The Morgan fingerprint density at radius 2 is 2.14 bits per heavy atom. The monoisotopic (exact) mass is 299 g/mol. The summed E-state index contributed by atoms with van der Waals surface area (Å²) in [6.45, 7) is 0.647. The van der Waals surface area contributed by atoms with Crippen LogP contribution in [0.2, 0.25) is 0 Å². The first-order valence-corrected chi connectivity index (χ1v) is 8.75. The minimum atomic E-state index is -0.219. The summed E-state index contributed by atoms with van der Waals surface area (Å²) in [7, 11) is 0. The predicted molar refractivity (Wildman–Crippen MR) is 85.5 cm³/mol. The number of amides is 1. The molecule has 0 bridgehead atoms. The Morgan fingerprint density at radius 3 is 2.95 bits per heavy atom. The highest BCUT2D eigenvalue weighted by molar-refractivity contribution is 5.84. The molecule has 0 radical (unpaired) electrons. The molecule has 2 saturated carbocycles. The third-order valence-electron chi connectivity index (χ3n) is 6.17. The average molecular weight is 299 g/mol. The predicted octanol–water partition coefficient (Wildman–Crippen LogP) is 2.56. The number of benzene rings is 1. The zero-order valence-electron chi connectivity index (χ0n) is 13.1. The van der Waals surface area contributed by atoms with E-state index in [1.807, 2.05) is 0 Å². The maximum absolute atomic E-state index is 12.6. The fraction of sp³-hybridized carbons (Fsp3) is 0.632. The maximum Gasteiger partial charge on any atom is 0.224 e. The molecule has 1 amide bonds. The highest BCUT2D eigenvalue weighted by Crippen LogP contribution is 2.60. The smallest absolute Gasteiger partial charge is 0.224 e. The molecular weight excluding hydrogens is 274 g/mol. The van der Waals surface area contributed by atoms with Gasteiger partial charge in [-0.05, 0) is 49.7 Å². The number of carbonyl (C=O) groups excluding carboxylic acids is 1.